The molecular formula is C20H17ClF2N4O. The van der Waals surface area contributed by atoms with E-state index in [9.17, 15) is 13.6 Å². The second-order valence-corrected chi connectivity index (χ2v) is 7.22. The highest BCUT2D eigenvalue weighted by Crippen LogP contribution is 2.35. The summed E-state index contributed by atoms with van der Waals surface area (Å²) in [6.07, 6.45) is 0.696. The van der Waals surface area contributed by atoms with E-state index in [4.69, 9.17) is 11.6 Å². The Labute approximate surface area is 165 Å². The third-order valence-electron chi connectivity index (χ3n) is 4.85. The highest BCUT2D eigenvalue weighted by Gasteiger charge is 2.34. The Bertz CT molecular complexity index is 1070. The molecule has 3 heterocycles. The van der Waals surface area contributed by atoms with Crippen molar-refractivity contribution in [1.82, 2.24) is 14.8 Å². The lowest BCUT2D eigenvalue weighted by Crippen LogP contribution is -2.42. The van der Waals surface area contributed by atoms with Gasteiger partial charge < -0.3 is 4.90 Å². The Kier molecular flexibility index (Phi) is 4.63. The molecule has 1 amide bonds. The van der Waals surface area contributed by atoms with Crippen LogP contribution in [0, 0.1) is 6.92 Å². The van der Waals surface area contributed by atoms with E-state index in [1.165, 1.54) is 18.2 Å². The zero-order valence-corrected chi connectivity index (χ0v) is 16.0. The van der Waals surface area contributed by atoms with E-state index in [2.05, 4.69) is 10.1 Å². The number of carbonyl (C=O) groups is 1. The van der Waals surface area contributed by atoms with Gasteiger partial charge in [0.05, 0.1) is 17.3 Å². The van der Waals surface area contributed by atoms with Gasteiger partial charge >= 0.3 is 0 Å². The van der Waals surface area contributed by atoms with Gasteiger partial charge in [-0.1, -0.05) is 11.6 Å². The molecule has 144 valence electrons. The average molecular weight is 403 g/mol. The fourth-order valence-corrected chi connectivity index (χ4v) is 3.73. The summed E-state index contributed by atoms with van der Waals surface area (Å²) in [5.41, 5.74) is 3.08. The summed E-state index contributed by atoms with van der Waals surface area (Å²) in [6, 6.07) is 7.81. The number of aromatic nitrogens is 3. The van der Waals surface area contributed by atoms with Crippen LogP contribution in [0.3, 0.4) is 0 Å². The molecule has 0 bridgehead atoms. The van der Waals surface area contributed by atoms with E-state index in [-0.39, 0.29) is 22.5 Å². The highest BCUT2D eigenvalue weighted by molar-refractivity contribution is 6.31. The van der Waals surface area contributed by atoms with E-state index in [0.29, 0.717) is 23.5 Å². The fourth-order valence-electron chi connectivity index (χ4n) is 3.47. The van der Waals surface area contributed by atoms with Crippen LogP contribution in [0.4, 0.5) is 14.5 Å². The Morgan fingerprint density at radius 1 is 1.25 bits per heavy atom. The van der Waals surface area contributed by atoms with Crippen molar-refractivity contribution in [3.8, 4) is 11.1 Å². The number of alkyl halides is 2. The molecule has 0 unspecified atom stereocenters. The van der Waals surface area contributed by atoms with Crippen molar-refractivity contribution >= 4 is 23.2 Å². The van der Waals surface area contributed by atoms with Crippen LogP contribution >= 0.6 is 11.6 Å². The number of rotatable bonds is 3. The van der Waals surface area contributed by atoms with Gasteiger partial charge in [-0.25, -0.2) is 8.78 Å². The molecule has 0 fully saturated rings. The Morgan fingerprint density at radius 2 is 2.04 bits per heavy atom. The second-order valence-electron chi connectivity index (χ2n) is 6.81. The minimum Gasteiger partial charge on any atom is -0.305 e. The third-order valence-corrected chi connectivity index (χ3v) is 5.17. The van der Waals surface area contributed by atoms with Gasteiger partial charge in [0.2, 0.25) is 0 Å². The molecular weight excluding hydrogens is 386 g/mol. The molecule has 1 atom stereocenters. The number of hydrogen-bond donors (Lipinski definition) is 0. The highest BCUT2D eigenvalue weighted by atomic mass is 35.5. The molecule has 0 radical (unpaired) electrons. The molecule has 1 aliphatic heterocycles. The first-order chi connectivity index (χ1) is 13.4. The maximum atomic E-state index is 13.3. The van der Waals surface area contributed by atoms with E-state index in [1.54, 1.807) is 22.0 Å². The number of fused-ring (bicyclic) bond motifs is 1. The van der Waals surface area contributed by atoms with Crippen molar-refractivity contribution in [1.29, 1.82) is 0 Å². The van der Waals surface area contributed by atoms with Crippen molar-refractivity contribution in [2.45, 2.75) is 26.3 Å². The molecule has 1 aromatic carbocycles. The van der Waals surface area contributed by atoms with Gasteiger partial charge in [0.25, 0.3) is 12.3 Å². The van der Waals surface area contributed by atoms with Crippen molar-refractivity contribution < 1.29 is 13.6 Å². The van der Waals surface area contributed by atoms with E-state index in [1.807, 2.05) is 26.0 Å². The normalized spacial score (nSPS) is 16.6. The molecule has 0 saturated heterocycles. The minimum atomic E-state index is -2.67. The summed E-state index contributed by atoms with van der Waals surface area (Å²) >= 11 is 6.01. The quantitative estimate of drug-likeness (QED) is 0.614. The number of hydrogen-bond acceptors (Lipinski definition) is 3. The first-order valence-electron chi connectivity index (χ1n) is 8.77. The summed E-state index contributed by atoms with van der Waals surface area (Å²) in [4.78, 5) is 19.0. The van der Waals surface area contributed by atoms with Crippen LogP contribution in [-0.2, 0) is 0 Å². The second kappa shape index (κ2) is 6.98. The van der Waals surface area contributed by atoms with Gasteiger partial charge in [-0.05, 0) is 49.7 Å². The topological polar surface area (TPSA) is 51.0 Å². The monoisotopic (exact) mass is 402 g/mol. The Hall–Kier alpha value is -2.80. The summed E-state index contributed by atoms with van der Waals surface area (Å²) in [7, 11) is 0. The van der Waals surface area contributed by atoms with Gasteiger partial charge in [-0.15, -0.1) is 0 Å². The lowest BCUT2D eigenvalue weighted by molar-refractivity contribution is 0.0954. The van der Waals surface area contributed by atoms with Gasteiger partial charge in [0, 0.05) is 35.2 Å². The summed E-state index contributed by atoms with van der Waals surface area (Å²) in [5, 5.41) is 4.34. The number of nitrogens with zero attached hydrogens (tertiary/aromatic N) is 4. The number of amides is 1. The van der Waals surface area contributed by atoms with Crippen LogP contribution in [0.15, 0.2) is 42.7 Å². The molecule has 3 aromatic rings. The van der Waals surface area contributed by atoms with Gasteiger partial charge in [0.15, 0.2) is 0 Å². The zero-order valence-electron chi connectivity index (χ0n) is 15.2. The minimum absolute atomic E-state index is 0.0583. The number of halogens is 3. The lowest BCUT2D eigenvalue weighted by Gasteiger charge is -2.32. The molecule has 2 aromatic heterocycles. The summed E-state index contributed by atoms with van der Waals surface area (Å²) in [5.74, 6) is -0.249. The van der Waals surface area contributed by atoms with Crippen LogP contribution in [-0.4, -0.2) is 27.2 Å². The van der Waals surface area contributed by atoms with Gasteiger partial charge in [-0.2, -0.15) is 5.10 Å². The molecule has 4 rings (SSSR count). The van der Waals surface area contributed by atoms with Gasteiger partial charge in [0.1, 0.15) is 5.69 Å². The molecule has 1 aliphatic rings. The molecule has 0 aliphatic carbocycles. The number of pyridine rings is 1. The van der Waals surface area contributed by atoms with Crippen LogP contribution < -0.4 is 4.90 Å². The number of benzene rings is 1. The van der Waals surface area contributed by atoms with Crippen molar-refractivity contribution in [2.75, 3.05) is 11.4 Å². The molecule has 0 N–H and O–H groups in total. The predicted molar refractivity (Wildman–Crippen MR) is 103 cm³/mol. The number of aryl methyl sites for hydroxylation is 1. The maximum absolute atomic E-state index is 13.3. The van der Waals surface area contributed by atoms with Crippen LogP contribution in [0.1, 0.15) is 41.1 Å². The van der Waals surface area contributed by atoms with Crippen molar-refractivity contribution in [3.63, 3.8) is 0 Å². The maximum Gasteiger partial charge on any atom is 0.277 e. The zero-order chi connectivity index (χ0) is 20.0. The number of anilines is 1. The molecule has 0 spiro atoms. The van der Waals surface area contributed by atoms with Crippen molar-refractivity contribution in [3.05, 3.63) is 64.7 Å². The first kappa shape index (κ1) is 18.6. The first-order valence-corrected chi connectivity index (χ1v) is 9.14. The predicted octanol–water partition coefficient (Wildman–Crippen LogP) is 5.07. The van der Waals surface area contributed by atoms with Gasteiger partial charge in [-0.3, -0.25) is 14.5 Å². The molecule has 8 heteroatoms. The van der Waals surface area contributed by atoms with Crippen LogP contribution in [0.2, 0.25) is 5.02 Å². The van der Waals surface area contributed by atoms with Crippen molar-refractivity contribution in [2.24, 2.45) is 0 Å². The molecule has 28 heavy (non-hydrogen) atoms. The smallest absolute Gasteiger partial charge is 0.277 e. The van der Waals surface area contributed by atoms with E-state index >= 15 is 0 Å². The Morgan fingerprint density at radius 3 is 2.71 bits per heavy atom. The third kappa shape index (κ3) is 3.05. The lowest BCUT2D eigenvalue weighted by atomic mass is 10.0. The molecule has 5 nitrogen and oxygen atoms in total. The SMILES string of the molecule is Cc1cc(-c2cnn3c2C(=O)N(c2ccc(C(F)F)c(Cl)c2)C[C@@H]3C)ccn1. The average Bonchev–Trinajstić information content (AvgIpc) is 3.10. The standard InChI is InChI=1S/C20H17ClF2N4O/c1-11-7-13(5-6-24-11)16-9-25-27-12(2)10-26(20(28)18(16)27)14-3-4-15(19(22)23)17(21)8-14/h3-9,12,19H,10H2,1-2H3/t12-/m0/s1. The van der Waals surface area contributed by atoms with Crippen LogP contribution in [0.5, 0.6) is 0 Å². The van der Waals surface area contributed by atoms with E-state index in [0.717, 1.165) is 11.3 Å². The largest absolute Gasteiger partial charge is 0.305 e. The van der Waals surface area contributed by atoms with Crippen LogP contribution in [0.25, 0.3) is 11.1 Å². The fraction of sp³-hybridized carbons (Fsp3) is 0.250. The molecule has 0 saturated carbocycles. The Balaban J connectivity index is 1.78. The van der Waals surface area contributed by atoms with E-state index < -0.39 is 6.43 Å². The summed E-state index contributed by atoms with van der Waals surface area (Å²) < 4.78 is 27.7. The number of carbonyl (C=O) groups excluding carboxylic acids is 1. The summed E-state index contributed by atoms with van der Waals surface area (Å²) in [6.45, 7) is 4.20.